The van der Waals surface area contributed by atoms with Crippen LogP contribution >= 0.6 is 22.9 Å². The van der Waals surface area contributed by atoms with Gasteiger partial charge in [-0.25, -0.2) is 24.1 Å². The number of carbonyl (C=O) groups is 1. The highest BCUT2D eigenvalue weighted by molar-refractivity contribution is 7.22. The Kier molecular flexibility index (Phi) is 4.90. The van der Waals surface area contributed by atoms with Crippen LogP contribution in [-0.2, 0) is 11.2 Å². The summed E-state index contributed by atoms with van der Waals surface area (Å²) in [6.07, 6.45) is 1.91. The van der Waals surface area contributed by atoms with Crippen LogP contribution in [0.5, 0.6) is 11.6 Å². The molecule has 2 aromatic carbocycles. The number of rotatable bonds is 4. The smallest absolute Gasteiger partial charge is 0.403 e. The first-order valence-electron chi connectivity index (χ1n) is 9.71. The summed E-state index contributed by atoms with van der Waals surface area (Å²) in [5, 5.41) is 0.696. The summed E-state index contributed by atoms with van der Waals surface area (Å²) in [6.45, 7) is 3.62. The van der Waals surface area contributed by atoms with Gasteiger partial charge in [0.1, 0.15) is 17.2 Å². The molecule has 0 unspecified atom stereocenters. The Bertz CT molecular complexity index is 1410. The highest BCUT2D eigenvalue weighted by atomic mass is 35.5. The normalized spacial score (nSPS) is 17.4. The van der Waals surface area contributed by atoms with Crippen molar-refractivity contribution in [1.82, 2.24) is 15.0 Å². The van der Waals surface area contributed by atoms with E-state index >= 15 is 0 Å². The Balaban J connectivity index is 1.63. The molecule has 1 atom stereocenters. The molecule has 0 amide bonds. The van der Waals surface area contributed by atoms with Crippen molar-refractivity contribution in [2.24, 2.45) is 0 Å². The lowest BCUT2D eigenvalue weighted by Gasteiger charge is -2.22. The summed E-state index contributed by atoms with van der Waals surface area (Å²) < 4.78 is 31.6. The number of fused-ring (bicyclic) bond motifs is 4. The van der Waals surface area contributed by atoms with Gasteiger partial charge in [-0.05, 0) is 31.5 Å². The van der Waals surface area contributed by atoms with Crippen LogP contribution in [0.1, 0.15) is 18.1 Å². The van der Waals surface area contributed by atoms with E-state index in [0.29, 0.717) is 39.4 Å². The fraction of sp³-hybridized carbons (Fsp3) is 0.273. The first-order chi connectivity index (χ1) is 15.3. The van der Waals surface area contributed by atoms with Crippen LogP contribution in [0.25, 0.3) is 31.8 Å². The zero-order chi connectivity index (χ0) is 22.6. The average molecular weight is 474 g/mol. The number of halogens is 2. The van der Waals surface area contributed by atoms with Crippen LogP contribution in [0.4, 0.5) is 9.18 Å². The molecule has 0 N–H and O–H groups in total. The van der Waals surface area contributed by atoms with Gasteiger partial charge in [-0.2, -0.15) is 0 Å². The van der Waals surface area contributed by atoms with Gasteiger partial charge >= 0.3 is 5.43 Å². The molecule has 0 saturated carbocycles. The Hall–Kier alpha value is -3.04. The van der Waals surface area contributed by atoms with Crippen LogP contribution < -0.4 is 9.47 Å². The highest BCUT2D eigenvalue weighted by Gasteiger charge is 2.40. The number of hydrogen-bond donors (Lipinski definition) is 0. The predicted octanol–water partition coefficient (Wildman–Crippen LogP) is 5.43. The van der Waals surface area contributed by atoms with Crippen molar-refractivity contribution in [2.75, 3.05) is 13.7 Å². The van der Waals surface area contributed by atoms with E-state index in [1.807, 2.05) is 19.1 Å². The van der Waals surface area contributed by atoms with Gasteiger partial charge in [-0.3, -0.25) is 0 Å². The lowest BCUT2D eigenvalue weighted by atomic mass is 10.00. The maximum atomic E-state index is 14.8. The zero-order valence-electron chi connectivity index (χ0n) is 17.4. The van der Waals surface area contributed by atoms with Crippen molar-refractivity contribution in [3.8, 4) is 22.2 Å². The Morgan fingerprint density at radius 3 is 2.88 bits per heavy atom. The number of benzene rings is 2. The summed E-state index contributed by atoms with van der Waals surface area (Å²) in [6, 6.07) is 5.27. The molecule has 0 fully saturated rings. The number of aromatic nitrogens is 3. The van der Waals surface area contributed by atoms with Gasteiger partial charge in [-0.1, -0.05) is 0 Å². The van der Waals surface area contributed by atoms with Gasteiger partial charge in [0.25, 0.3) is 0 Å². The van der Waals surface area contributed by atoms with Crippen LogP contribution in [0, 0.1) is 12.7 Å². The number of carbonyl (C=O) groups excluding carboxylic acids is 1. The Labute approximate surface area is 191 Å². The van der Waals surface area contributed by atoms with Gasteiger partial charge in [0, 0.05) is 35.2 Å². The number of hydrogen-bond acceptors (Lipinski definition) is 8. The first kappa shape index (κ1) is 20.8. The van der Waals surface area contributed by atoms with Crippen molar-refractivity contribution in [1.29, 1.82) is 0 Å². The van der Waals surface area contributed by atoms with Crippen molar-refractivity contribution in [2.45, 2.75) is 25.9 Å². The molecule has 32 heavy (non-hydrogen) atoms. The minimum Gasteiger partial charge on any atom is -0.480 e. The molecule has 10 heteroatoms. The third-order valence-electron chi connectivity index (χ3n) is 5.28. The molecule has 0 radical (unpaired) electrons. The number of ether oxygens (including phenoxy) is 3. The molecule has 1 aliphatic heterocycles. The molecule has 3 heterocycles. The first-order valence-corrected chi connectivity index (χ1v) is 10.9. The van der Waals surface area contributed by atoms with E-state index in [1.165, 1.54) is 17.4 Å². The van der Waals surface area contributed by atoms with Crippen LogP contribution in [0.3, 0.4) is 0 Å². The largest absolute Gasteiger partial charge is 0.480 e. The zero-order valence-corrected chi connectivity index (χ0v) is 18.9. The molecular weight excluding hydrogens is 457 g/mol. The minimum atomic E-state index is -0.930. The fourth-order valence-electron chi connectivity index (χ4n) is 3.92. The summed E-state index contributed by atoms with van der Waals surface area (Å²) in [5.74, 6) is 0.0654. The molecule has 2 aromatic heterocycles. The second-order valence-electron chi connectivity index (χ2n) is 7.88. The second kappa shape index (κ2) is 7.53. The minimum absolute atomic E-state index is 0.0868. The van der Waals surface area contributed by atoms with Gasteiger partial charge < -0.3 is 14.2 Å². The topological polar surface area (TPSA) is 83.4 Å². The van der Waals surface area contributed by atoms with Gasteiger partial charge in [0.15, 0.2) is 11.6 Å². The predicted molar refractivity (Wildman–Crippen MR) is 119 cm³/mol. The molecule has 7 nitrogen and oxygen atoms in total. The highest BCUT2D eigenvalue weighted by Crippen LogP contribution is 2.45. The number of methoxy groups -OCH3 is 1. The third-order valence-corrected chi connectivity index (χ3v) is 6.55. The van der Waals surface area contributed by atoms with Gasteiger partial charge in [0.2, 0.25) is 5.88 Å². The molecule has 0 saturated heterocycles. The van der Waals surface area contributed by atoms with Gasteiger partial charge in [0.05, 0.1) is 34.6 Å². The molecule has 5 rings (SSSR count). The second-order valence-corrected chi connectivity index (χ2v) is 9.19. The number of aryl methyl sites for hydroxylation is 1. The molecule has 164 valence electrons. The van der Waals surface area contributed by atoms with Crippen LogP contribution in [0.15, 0.2) is 24.4 Å². The van der Waals surface area contributed by atoms with Gasteiger partial charge in [-0.15, -0.1) is 11.3 Å². The maximum Gasteiger partial charge on any atom is 0.403 e. The van der Waals surface area contributed by atoms with E-state index in [4.69, 9.17) is 30.8 Å². The van der Waals surface area contributed by atoms with E-state index in [9.17, 15) is 9.18 Å². The monoisotopic (exact) mass is 473 g/mol. The molecule has 1 aliphatic rings. The molecule has 0 aliphatic carbocycles. The Morgan fingerprint density at radius 1 is 1.31 bits per heavy atom. The number of thiazole rings is 1. The SMILES string of the molecule is COc1cnc2c(-c3nc4cc(F)c5c(c4s3)C[C@@](C)(COC(=O)Cl)O5)cc(C)cc2n1. The molecule has 0 bridgehead atoms. The van der Waals surface area contributed by atoms with E-state index in [0.717, 1.165) is 15.8 Å². The summed E-state index contributed by atoms with van der Waals surface area (Å²) >= 11 is 6.72. The fourth-order valence-corrected chi connectivity index (χ4v) is 5.08. The van der Waals surface area contributed by atoms with E-state index in [1.54, 1.807) is 20.2 Å². The molecular formula is C22H17ClFN3O4S. The van der Waals surface area contributed by atoms with Crippen molar-refractivity contribution in [3.63, 3.8) is 0 Å². The lowest BCUT2D eigenvalue weighted by molar-refractivity contribution is 0.0352. The van der Waals surface area contributed by atoms with Crippen molar-refractivity contribution < 1.29 is 23.4 Å². The quantitative estimate of drug-likeness (QED) is 0.365. The third kappa shape index (κ3) is 3.51. The van der Waals surface area contributed by atoms with Crippen molar-refractivity contribution in [3.05, 3.63) is 41.3 Å². The van der Waals surface area contributed by atoms with E-state index in [2.05, 4.69) is 9.97 Å². The molecule has 4 aromatic rings. The molecule has 0 spiro atoms. The average Bonchev–Trinajstić information content (AvgIpc) is 3.33. The standard InChI is InChI=1S/C22H17ClFN3O4S/c1-10-4-11(17-14(5-10)26-16(29-3)8-25-17)20-27-15-6-13(24)18-12(19(15)32-20)7-22(2,31-18)9-30-21(23)28/h4-6,8H,7,9H2,1-3H3/t22-/m0/s1. The lowest BCUT2D eigenvalue weighted by Crippen LogP contribution is -2.36. The van der Waals surface area contributed by atoms with Crippen LogP contribution in [0.2, 0.25) is 0 Å². The summed E-state index contributed by atoms with van der Waals surface area (Å²) in [7, 11) is 1.54. The summed E-state index contributed by atoms with van der Waals surface area (Å²) in [4.78, 5) is 24.7. The van der Waals surface area contributed by atoms with E-state index in [-0.39, 0.29) is 12.4 Å². The van der Waals surface area contributed by atoms with Crippen molar-refractivity contribution >= 4 is 49.6 Å². The maximum absolute atomic E-state index is 14.8. The Morgan fingerprint density at radius 2 is 2.12 bits per heavy atom. The van der Waals surface area contributed by atoms with E-state index < -0.39 is 16.8 Å². The number of nitrogens with zero attached hydrogens (tertiary/aromatic N) is 3. The van der Waals surface area contributed by atoms with Crippen LogP contribution in [-0.4, -0.2) is 39.7 Å². The summed E-state index contributed by atoms with van der Waals surface area (Å²) in [5.41, 5.74) is 2.55.